The molecule has 4 N–H and O–H groups in total. The van der Waals surface area contributed by atoms with Gasteiger partial charge < -0.3 is 10.2 Å². The molecule has 1 aliphatic carbocycles. The fraction of sp³-hybridized carbons (Fsp3) is 0.462. The predicted octanol–water partition coefficient (Wildman–Crippen LogP) is 1.19. The Hall–Kier alpha value is -0.940. The molecule has 2 atom stereocenters. The van der Waals surface area contributed by atoms with E-state index in [1.54, 1.807) is 24.3 Å². The summed E-state index contributed by atoms with van der Waals surface area (Å²) in [7, 11) is 0. The van der Waals surface area contributed by atoms with Crippen LogP contribution in [-0.4, -0.2) is 22.6 Å². The molecule has 0 heterocycles. The monoisotopic (exact) mass is 271 g/mol. The fourth-order valence-electron chi connectivity index (χ4n) is 2.11. The van der Waals surface area contributed by atoms with Crippen LogP contribution in [0, 0.1) is 5.92 Å². The van der Waals surface area contributed by atoms with Crippen molar-refractivity contribution in [3.8, 4) is 0 Å². The topological polar surface area (TPSA) is 83.5 Å². The Balaban J connectivity index is 0.00000162. The normalized spacial score (nSPS) is 20.2. The Kier molecular flexibility index (Phi) is 4.87. The molecule has 0 saturated heterocycles. The molecule has 0 aromatic heterocycles. The van der Waals surface area contributed by atoms with E-state index < -0.39 is 11.8 Å². The molecule has 1 aromatic carbocycles. The lowest BCUT2D eigenvalue weighted by molar-refractivity contribution is -0.117. The van der Waals surface area contributed by atoms with E-state index >= 15 is 0 Å². The van der Waals surface area contributed by atoms with E-state index in [0.717, 1.165) is 25.5 Å². The van der Waals surface area contributed by atoms with Crippen LogP contribution in [0.3, 0.4) is 0 Å². The molecule has 0 aliphatic heterocycles. The number of aliphatic hydroxyl groups is 2. The summed E-state index contributed by atoms with van der Waals surface area (Å²) in [5.74, 6) is 0.0655. The van der Waals surface area contributed by atoms with E-state index in [4.69, 9.17) is 5.73 Å². The van der Waals surface area contributed by atoms with Crippen LogP contribution in [0.2, 0.25) is 0 Å². The molecule has 4 nitrogen and oxygen atoms in total. The van der Waals surface area contributed by atoms with Gasteiger partial charge in [0, 0.05) is 11.1 Å². The Bertz CT molecular complexity index is 401. The SMILES string of the molecule is Cl.N[C@](O)(c1ccc(C=O)cc1)[C@@H](O)C1CCC1. The average molecular weight is 272 g/mol. The summed E-state index contributed by atoms with van der Waals surface area (Å²) in [5, 5.41) is 20.2. The summed E-state index contributed by atoms with van der Waals surface area (Å²) in [6.45, 7) is 0. The van der Waals surface area contributed by atoms with Crippen LogP contribution in [0.4, 0.5) is 0 Å². The van der Waals surface area contributed by atoms with Crippen molar-refractivity contribution in [1.29, 1.82) is 0 Å². The highest BCUT2D eigenvalue weighted by molar-refractivity contribution is 5.85. The summed E-state index contributed by atoms with van der Waals surface area (Å²) in [6, 6.07) is 6.30. The zero-order chi connectivity index (χ0) is 12.5. The van der Waals surface area contributed by atoms with Gasteiger partial charge in [-0.2, -0.15) is 0 Å². The number of benzene rings is 1. The first-order valence-corrected chi connectivity index (χ1v) is 5.80. The van der Waals surface area contributed by atoms with Gasteiger partial charge in [0.2, 0.25) is 0 Å². The minimum absolute atomic E-state index is 0. The number of carbonyl (C=O) groups excluding carboxylic acids is 1. The minimum Gasteiger partial charge on any atom is -0.388 e. The van der Waals surface area contributed by atoms with Gasteiger partial charge in [-0.3, -0.25) is 10.5 Å². The summed E-state index contributed by atoms with van der Waals surface area (Å²) in [5.41, 5.74) is 5.01. The zero-order valence-corrected chi connectivity index (χ0v) is 10.8. The molecular formula is C13H18ClNO3. The molecule has 0 amide bonds. The Morgan fingerprint density at radius 1 is 1.33 bits per heavy atom. The summed E-state index contributed by atoms with van der Waals surface area (Å²) in [4.78, 5) is 10.5. The molecule has 0 radical (unpaired) electrons. The molecule has 0 bridgehead atoms. The Morgan fingerprint density at radius 3 is 2.28 bits per heavy atom. The van der Waals surface area contributed by atoms with Crippen LogP contribution in [0.1, 0.15) is 35.2 Å². The number of aldehydes is 1. The maximum Gasteiger partial charge on any atom is 0.166 e. The molecular weight excluding hydrogens is 254 g/mol. The van der Waals surface area contributed by atoms with Gasteiger partial charge in [0.1, 0.15) is 12.4 Å². The number of halogens is 1. The highest BCUT2D eigenvalue weighted by Crippen LogP contribution is 2.36. The second-order valence-corrected chi connectivity index (χ2v) is 4.70. The first kappa shape index (κ1) is 15.1. The van der Waals surface area contributed by atoms with Crippen molar-refractivity contribution in [3.63, 3.8) is 0 Å². The third-order valence-corrected chi connectivity index (χ3v) is 3.56. The molecule has 1 aromatic rings. The number of hydrogen-bond acceptors (Lipinski definition) is 4. The molecule has 2 rings (SSSR count). The van der Waals surface area contributed by atoms with Crippen molar-refractivity contribution in [2.24, 2.45) is 11.7 Å². The van der Waals surface area contributed by atoms with Crippen molar-refractivity contribution in [3.05, 3.63) is 35.4 Å². The zero-order valence-electron chi connectivity index (χ0n) is 9.95. The molecule has 0 unspecified atom stereocenters. The minimum atomic E-state index is -1.74. The lowest BCUT2D eigenvalue weighted by atomic mass is 9.76. The van der Waals surface area contributed by atoms with E-state index in [9.17, 15) is 15.0 Å². The van der Waals surface area contributed by atoms with Gasteiger partial charge in [-0.1, -0.05) is 30.7 Å². The quantitative estimate of drug-likeness (QED) is 0.567. The van der Waals surface area contributed by atoms with Crippen molar-refractivity contribution < 1.29 is 15.0 Å². The number of nitrogens with two attached hydrogens (primary N) is 1. The van der Waals surface area contributed by atoms with Crippen molar-refractivity contribution in [2.45, 2.75) is 31.1 Å². The van der Waals surface area contributed by atoms with Gasteiger partial charge in [-0.15, -0.1) is 12.4 Å². The summed E-state index contributed by atoms with van der Waals surface area (Å²) >= 11 is 0. The smallest absolute Gasteiger partial charge is 0.166 e. The van der Waals surface area contributed by atoms with E-state index in [1.165, 1.54) is 0 Å². The van der Waals surface area contributed by atoms with Gasteiger partial charge in [0.05, 0.1) is 0 Å². The summed E-state index contributed by atoms with van der Waals surface area (Å²) in [6.07, 6.45) is 2.63. The van der Waals surface area contributed by atoms with Gasteiger partial charge in [0.15, 0.2) is 5.72 Å². The average Bonchev–Trinajstić information content (AvgIpc) is 2.27. The van der Waals surface area contributed by atoms with Crippen LogP contribution in [0.25, 0.3) is 0 Å². The van der Waals surface area contributed by atoms with E-state index in [1.807, 2.05) is 0 Å². The number of carbonyl (C=O) groups is 1. The first-order chi connectivity index (χ1) is 8.05. The van der Waals surface area contributed by atoms with Crippen molar-refractivity contribution in [1.82, 2.24) is 0 Å². The maximum atomic E-state index is 10.5. The van der Waals surface area contributed by atoms with E-state index in [-0.39, 0.29) is 18.3 Å². The number of rotatable bonds is 4. The van der Waals surface area contributed by atoms with Crippen LogP contribution >= 0.6 is 12.4 Å². The highest BCUT2D eigenvalue weighted by atomic mass is 35.5. The number of hydrogen-bond donors (Lipinski definition) is 3. The van der Waals surface area contributed by atoms with Crippen LogP contribution in [0.5, 0.6) is 0 Å². The largest absolute Gasteiger partial charge is 0.388 e. The second kappa shape index (κ2) is 5.80. The van der Waals surface area contributed by atoms with Gasteiger partial charge in [-0.25, -0.2) is 0 Å². The fourth-order valence-corrected chi connectivity index (χ4v) is 2.11. The van der Waals surface area contributed by atoms with Crippen LogP contribution in [0.15, 0.2) is 24.3 Å². The van der Waals surface area contributed by atoms with Crippen molar-refractivity contribution >= 4 is 18.7 Å². The van der Waals surface area contributed by atoms with Gasteiger partial charge in [0.25, 0.3) is 0 Å². The Labute approximate surface area is 112 Å². The summed E-state index contributed by atoms with van der Waals surface area (Å²) < 4.78 is 0. The predicted molar refractivity (Wildman–Crippen MR) is 70.5 cm³/mol. The van der Waals surface area contributed by atoms with Crippen molar-refractivity contribution in [2.75, 3.05) is 0 Å². The maximum absolute atomic E-state index is 10.5. The van der Waals surface area contributed by atoms with Crippen LogP contribution in [-0.2, 0) is 5.72 Å². The first-order valence-electron chi connectivity index (χ1n) is 5.80. The van der Waals surface area contributed by atoms with E-state index in [2.05, 4.69) is 0 Å². The second-order valence-electron chi connectivity index (χ2n) is 4.70. The molecule has 1 fully saturated rings. The molecule has 18 heavy (non-hydrogen) atoms. The van der Waals surface area contributed by atoms with Gasteiger partial charge >= 0.3 is 0 Å². The lowest BCUT2D eigenvalue weighted by Crippen LogP contribution is -2.52. The third kappa shape index (κ3) is 2.72. The molecule has 0 spiro atoms. The van der Waals surface area contributed by atoms with E-state index in [0.29, 0.717) is 11.1 Å². The highest BCUT2D eigenvalue weighted by Gasteiger charge is 2.40. The van der Waals surface area contributed by atoms with Gasteiger partial charge in [-0.05, 0) is 18.8 Å². The standard InChI is InChI=1S/C13H17NO3.ClH/c14-13(17,12(16)10-2-1-3-10)11-6-4-9(8-15)5-7-11;/h4-8,10,12,16-17H,1-3,14H2;1H/t12-,13-;/m0./s1. The lowest BCUT2D eigenvalue weighted by Gasteiger charge is -2.38. The number of aliphatic hydroxyl groups excluding tert-OH is 1. The molecule has 5 heteroatoms. The third-order valence-electron chi connectivity index (χ3n) is 3.56. The molecule has 1 aliphatic rings. The molecule has 100 valence electrons. The Morgan fingerprint density at radius 2 is 1.89 bits per heavy atom. The molecule has 1 saturated carbocycles. The van der Waals surface area contributed by atoms with Crippen LogP contribution < -0.4 is 5.73 Å².